The molecule has 5 nitrogen and oxygen atoms in total. The van der Waals surface area contributed by atoms with Crippen molar-refractivity contribution in [3.8, 4) is 0 Å². The molecule has 0 spiro atoms. The largest absolute Gasteiger partial charge is 0.329 e. The van der Waals surface area contributed by atoms with Crippen LogP contribution in [-0.4, -0.2) is 20.6 Å². The molecule has 0 aliphatic heterocycles. The number of aromatic nitrogens is 3. The fourth-order valence-electron chi connectivity index (χ4n) is 4.20. The van der Waals surface area contributed by atoms with Gasteiger partial charge in [-0.25, -0.2) is 4.98 Å². The summed E-state index contributed by atoms with van der Waals surface area (Å²) >= 11 is 0. The van der Waals surface area contributed by atoms with Gasteiger partial charge in [-0.05, 0) is 49.4 Å². The summed E-state index contributed by atoms with van der Waals surface area (Å²) < 4.78 is 2.28. The summed E-state index contributed by atoms with van der Waals surface area (Å²) in [7, 11) is 0. The van der Waals surface area contributed by atoms with Gasteiger partial charge in [-0.3, -0.25) is 0 Å². The van der Waals surface area contributed by atoms with Crippen molar-refractivity contribution in [3.63, 3.8) is 0 Å². The standard InChI is InChI=1S/C23H31N5/c1-3-21(4-2)28-14-13-18-16-25-23(27-22(18)28)26-20-11-9-17(10-12-20)15-24-19-7-5-6-8-19/h9-14,16,19,21,24H,3-8,15H2,1-2H3,(H,25,26,27). The van der Waals surface area contributed by atoms with Gasteiger partial charge in [-0.1, -0.05) is 38.8 Å². The molecule has 1 aromatic carbocycles. The van der Waals surface area contributed by atoms with Crippen molar-refractivity contribution >= 4 is 22.7 Å². The van der Waals surface area contributed by atoms with Crippen molar-refractivity contribution in [2.24, 2.45) is 0 Å². The number of fused-ring (bicyclic) bond motifs is 1. The minimum atomic E-state index is 0.479. The number of nitrogens with one attached hydrogen (secondary N) is 2. The SMILES string of the molecule is CCC(CC)n1ccc2cnc(Nc3ccc(CNC4CCCC4)cc3)nc21. The summed E-state index contributed by atoms with van der Waals surface area (Å²) in [6, 6.07) is 11.9. The Bertz CT molecular complexity index is 889. The van der Waals surface area contributed by atoms with Gasteiger partial charge in [-0.15, -0.1) is 0 Å². The highest BCUT2D eigenvalue weighted by molar-refractivity contribution is 5.77. The van der Waals surface area contributed by atoms with Crippen molar-refractivity contribution in [1.29, 1.82) is 0 Å². The molecule has 1 saturated carbocycles. The number of hydrogen-bond donors (Lipinski definition) is 2. The summed E-state index contributed by atoms with van der Waals surface area (Å²) in [5, 5.41) is 8.11. The maximum Gasteiger partial charge on any atom is 0.229 e. The first kappa shape index (κ1) is 18.9. The second-order valence-electron chi connectivity index (χ2n) is 7.85. The zero-order valence-electron chi connectivity index (χ0n) is 17.0. The van der Waals surface area contributed by atoms with E-state index in [9.17, 15) is 0 Å². The summed E-state index contributed by atoms with van der Waals surface area (Å²) in [6.07, 6.45) is 11.6. The van der Waals surface area contributed by atoms with Crippen molar-refractivity contribution in [2.75, 3.05) is 5.32 Å². The fraction of sp³-hybridized carbons (Fsp3) is 0.478. The monoisotopic (exact) mass is 377 g/mol. The van der Waals surface area contributed by atoms with Crippen molar-refractivity contribution < 1.29 is 0 Å². The Morgan fingerprint density at radius 2 is 1.82 bits per heavy atom. The van der Waals surface area contributed by atoms with E-state index in [4.69, 9.17) is 4.98 Å². The third-order valence-electron chi connectivity index (χ3n) is 5.95. The minimum Gasteiger partial charge on any atom is -0.329 e. The van der Waals surface area contributed by atoms with Gasteiger partial charge in [0.15, 0.2) is 0 Å². The molecule has 0 bridgehead atoms. The molecule has 1 aliphatic carbocycles. The second-order valence-corrected chi connectivity index (χ2v) is 7.85. The van der Waals surface area contributed by atoms with E-state index in [0.29, 0.717) is 18.0 Å². The molecule has 0 amide bonds. The Labute approximate surface area is 167 Å². The number of rotatable bonds is 8. The van der Waals surface area contributed by atoms with E-state index in [-0.39, 0.29) is 0 Å². The molecule has 2 aromatic heterocycles. The fourth-order valence-corrected chi connectivity index (χ4v) is 4.20. The quantitative estimate of drug-likeness (QED) is 0.539. The normalized spacial score (nSPS) is 15.0. The zero-order chi connectivity index (χ0) is 19.3. The summed E-state index contributed by atoms with van der Waals surface area (Å²) in [5.74, 6) is 0.648. The molecule has 28 heavy (non-hydrogen) atoms. The highest BCUT2D eigenvalue weighted by Gasteiger charge is 2.14. The Kier molecular flexibility index (Phi) is 5.91. The highest BCUT2D eigenvalue weighted by atomic mass is 15.2. The summed E-state index contributed by atoms with van der Waals surface area (Å²) in [6.45, 7) is 5.39. The molecule has 1 aliphatic rings. The maximum absolute atomic E-state index is 4.79. The predicted molar refractivity (Wildman–Crippen MR) is 116 cm³/mol. The lowest BCUT2D eigenvalue weighted by molar-refractivity contribution is 0.483. The van der Waals surface area contributed by atoms with Gasteiger partial charge in [0, 0.05) is 42.1 Å². The Balaban J connectivity index is 1.44. The molecule has 3 aromatic rings. The van der Waals surface area contributed by atoms with Crippen LogP contribution >= 0.6 is 0 Å². The van der Waals surface area contributed by atoms with Crippen LogP contribution in [0.25, 0.3) is 11.0 Å². The van der Waals surface area contributed by atoms with Gasteiger partial charge in [0.05, 0.1) is 0 Å². The highest BCUT2D eigenvalue weighted by Crippen LogP contribution is 2.24. The summed E-state index contributed by atoms with van der Waals surface area (Å²) in [5.41, 5.74) is 3.34. The van der Waals surface area contributed by atoms with Gasteiger partial charge in [0.25, 0.3) is 0 Å². The third-order valence-corrected chi connectivity index (χ3v) is 5.95. The van der Waals surface area contributed by atoms with Crippen LogP contribution in [0.1, 0.15) is 64.0 Å². The van der Waals surface area contributed by atoms with Gasteiger partial charge in [0.1, 0.15) is 5.65 Å². The molecule has 1 fully saturated rings. The molecule has 4 rings (SSSR count). The summed E-state index contributed by atoms with van der Waals surface area (Å²) in [4.78, 5) is 9.28. The van der Waals surface area contributed by atoms with Crippen LogP contribution in [0.5, 0.6) is 0 Å². The van der Waals surface area contributed by atoms with E-state index in [0.717, 1.165) is 36.1 Å². The van der Waals surface area contributed by atoms with Gasteiger partial charge in [0.2, 0.25) is 5.95 Å². The minimum absolute atomic E-state index is 0.479. The van der Waals surface area contributed by atoms with Gasteiger partial charge < -0.3 is 15.2 Å². The maximum atomic E-state index is 4.79. The van der Waals surface area contributed by atoms with Crippen LogP contribution in [0.2, 0.25) is 0 Å². The topological polar surface area (TPSA) is 54.8 Å². The van der Waals surface area contributed by atoms with Crippen LogP contribution < -0.4 is 10.6 Å². The molecule has 148 valence electrons. The molecule has 0 unspecified atom stereocenters. The lowest BCUT2D eigenvalue weighted by Crippen LogP contribution is -2.25. The lowest BCUT2D eigenvalue weighted by atomic mass is 10.2. The first-order valence-corrected chi connectivity index (χ1v) is 10.7. The molecule has 2 N–H and O–H groups in total. The number of nitrogens with zero attached hydrogens (tertiary/aromatic N) is 3. The molecule has 0 atom stereocenters. The van der Waals surface area contributed by atoms with Crippen LogP contribution in [0.4, 0.5) is 11.6 Å². The Morgan fingerprint density at radius 1 is 1.07 bits per heavy atom. The van der Waals surface area contributed by atoms with Crippen molar-refractivity contribution in [2.45, 2.75) is 71.0 Å². The lowest BCUT2D eigenvalue weighted by Gasteiger charge is -2.16. The van der Waals surface area contributed by atoms with Gasteiger partial charge >= 0.3 is 0 Å². The van der Waals surface area contributed by atoms with E-state index in [1.165, 1.54) is 31.2 Å². The smallest absolute Gasteiger partial charge is 0.229 e. The predicted octanol–water partition coefficient (Wildman–Crippen LogP) is 5.57. The Hall–Kier alpha value is -2.40. The first-order valence-electron chi connectivity index (χ1n) is 10.7. The van der Waals surface area contributed by atoms with E-state index < -0.39 is 0 Å². The van der Waals surface area contributed by atoms with Crippen LogP contribution in [0, 0.1) is 0 Å². The molecular formula is C23H31N5. The van der Waals surface area contributed by atoms with E-state index in [1.54, 1.807) is 0 Å². The van der Waals surface area contributed by atoms with E-state index in [2.05, 4.69) is 70.6 Å². The molecule has 2 heterocycles. The second kappa shape index (κ2) is 8.74. The van der Waals surface area contributed by atoms with Crippen LogP contribution in [0.15, 0.2) is 42.7 Å². The Morgan fingerprint density at radius 3 is 2.54 bits per heavy atom. The number of hydrogen-bond acceptors (Lipinski definition) is 4. The van der Waals surface area contributed by atoms with E-state index >= 15 is 0 Å². The number of anilines is 2. The molecule has 5 heteroatoms. The first-order chi connectivity index (χ1) is 13.8. The third kappa shape index (κ3) is 4.20. The molecule has 0 saturated heterocycles. The molecular weight excluding hydrogens is 346 g/mol. The van der Waals surface area contributed by atoms with Crippen molar-refractivity contribution in [1.82, 2.24) is 19.9 Å². The van der Waals surface area contributed by atoms with E-state index in [1.807, 2.05) is 6.20 Å². The van der Waals surface area contributed by atoms with Gasteiger partial charge in [-0.2, -0.15) is 4.98 Å². The van der Waals surface area contributed by atoms with Crippen LogP contribution in [-0.2, 0) is 6.54 Å². The van der Waals surface area contributed by atoms with Crippen LogP contribution in [0.3, 0.4) is 0 Å². The number of benzene rings is 1. The zero-order valence-corrected chi connectivity index (χ0v) is 17.0. The molecule has 0 radical (unpaired) electrons. The van der Waals surface area contributed by atoms with Crippen molar-refractivity contribution in [3.05, 3.63) is 48.3 Å². The average Bonchev–Trinajstić information content (AvgIpc) is 3.39. The average molecular weight is 378 g/mol.